The monoisotopic (exact) mass is 323 g/mol. The van der Waals surface area contributed by atoms with Gasteiger partial charge in [0.05, 0.1) is 17.7 Å². The van der Waals surface area contributed by atoms with Crippen LogP contribution in [0, 0.1) is 0 Å². The van der Waals surface area contributed by atoms with Crippen molar-refractivity contribution in [1.82, 2.24) is 4.57 Å². The molecule has 0 fully saturated rings. The smallest absolute Gasteiger partial charge is 0.418 e. The highest BCUT2D eigenvalue weighted by Gasteiger charge is 2.18. The number of esters is 1. The number of hydrogen-bond acceptors (Lipinski definition) is 4. The second-order valence-electron chi connectivity index (χ2n) is 5.19. The Bertz CT molecular complexity index is 867. The van der Waals surface area contributed by atoms with Crippen LogP contribution in [-0.2, 0) is 16.1 Å². The summed E-state index contributed by atoms with van der Waals surface area (Å²) >= 11 is 0. The summed E-state index contributed by atoms with van der Waals surface area (Å²) in [5.41, 5.74) is 1.73. The summed E-state index contributed by atoms with van der Waals surface area (Å²) in [6, 6.07) is 16.4. The molecule has 0 aliphatic carbocycles. The number of para-hydroxylation sites is 1. The van der Waals surface area contributed by atoms with Crippen LogP contribution in [0.15, 0.2) is 60.8 Å². The maximum absolute atomic E-state index is 12.5. The Morgan fingerprint density at radius 3 is 2.50 bits per heavy atom. The molecule has 1 heterocycles. The lowest BCUT2D eigenvalue weighted by Gasteiger charge is -2.09. The predicted molar refractivity (Wildman–Crippen MR) is 89.9 cm³/mol. The molecule has 0 aliphatic heterocycles. The molecule has 0 bridgehead atoms. The molecule has 122 valence electrons. The highest BCUT2D eigenvalue weighted by Crippen LogP contribution is 2.22. The van der Waals surface area contributed by atoms with Crippen LogP contribution < -0.4 is 0 Å². The molecule has 0 saturated carbocycles. The maximum atomic E-state index is 12.5. The Balaban J connectivity index is 1.89. The van der Waals surface area contributed by atoms with Crippen LogP contribution in [0.4, 0.5) is 4.79 Å². The average molecular weight is 323 g/mol. The van der Waals surface area contributed by atoms with Crippen molar-refractivity contribution in [1.29, 1.82) is 0 Å². The lowest BCUT2D eigenvalue weighted by molar-refractivity contribution is 0.0474. The topological polar surface area (TPSA) is 57.5 Å². The molecule has 0 saturated heterocycles. The van der Waals surface area contributed by atoms with Crippen molar-refractivity contribution in [3.05, 3.63) is 71.9 Å². The van der Waals surface area contributed by atoms with E-state index >= 15 is 0 Å². The fourth-order valence-electron chi connectivity index (χ4n) is 2.50. The summed E-state index contributed by atoms with van der Waals surface area (Å²) < 4.78 is 11.7. The minimum absolute atomic E-state index is 0.177. The zero-order valence-electron chi connectivity index (χ0n) is 13.3. The average Bonchev–Trinajstić information content (AvgIpc) is 3.05. The highest BCUT2D eigenvalue weighted by atomic mass is 16.5. The fraction of sp³-hybridized carbons (Fsp3) is 0.158. The molecule has 0 aliphatic rings. The molecule has 5 nitrogen and oxygen atoms in total. The van der Waals surface area contributed by atoms with Crippen LogP contribution in [0.3, 0.4) is 0 Å². The summed E-state index contributed by atoms with van der Waals surface area (Å²) in [6.45, 7) is 2.17. The summed E-state index contributed by atoms with van der Waals surface area (Å²) in [5.74, 6) is -0.478. The number of carbonyl (C=O) groups is 2. The minimum atomic E-state index is -0.518. The first-order chi connectivity index (χ1) is 11.7. The normalized spacial score (nSPS) is 10.5. The van der Waals surface area contributed by atoms with Crippen LogP contribution in [0.25, 0.3) is 10.9 Å². The van der Waals surface area contributed by atoms with E-state index < -0.39 is 12.1 Å². The number of fused-ring (bicyclic) bond motifs is 1. The summed E-state index contributed by atoms with van der Waals surface area (Å²) in [5, 5.41) is 0.775. The zero-order valence-corrected chi connectivity index (χ0v) is 13.3. The van der Waals surface area contributed by atoms with Crippen molar-refractivity contribution in [2.45, 2.75) is 13.5 Å². The van der Waals surface area contributed by atoms with E-state index in [0.29, 0.717) is 11.1 Å². The largest absolute Gasteiger partial charge is 0.457 e. The van der Waals surface area contributed by atoms with Gasteiger partial charge in [-0.1, -0.05) is 42.5 Å². The molecule has 1 aromatic heterocycles. The van der Waals surface area contributed by atoms with E-state index in [9.17, 15) is 9.59 Å². The van der Waals surface area contributed by atoms with Crippen molar-refractivity contribution in [3.8, 4) is 0 Å². The van der Waals surface area contributed by atoms with Gasteiger partial charge in [0.15, 0.2) is 0 Å². The van der Waals surface area contributed by atoms with Crippen molar-refractivity contribution in [2.24, 2.45) is 0 Å². The summed E-state index contributed by atoms with van der Waals surface area (Å²) in [7, 11) is 0. The number of carbonyl (C=O) groups excluding carboxylic acids is 2. The quantitative estimate of drug-likeness (QED) is 0.681. The molecular formula is C19H17NO4. The lowest BCUT2D eigenvalue weighted by Crippen LogP contribution is -2.15. The van der Waals surface area contributed by atoms with Gasteiger partial charge in [0, 0.05) is 11.6 Å². The Hall–Kier alpha value is -3.08. The molecule has 5 heteroatoms. The van der Waals surface area contributed by atoms with E-state index in [0.717, 1.165) is 10.9 Å². The van der Waals surface area contributed by atoms with Gasteiger partial charge in [0.2, 0.25) is 0 Å². The molecular weight excluding hydrogens is 306 g/mol. The van der Waals surface area contributed by atoms with Crippen LogP contribution in [0.2, 0.25) is 0 Å². The third kappa shape index (κ3) is 3.15. The zero-order chi connectivity index (χ0) is 16.9. The first-order valence-corrected chi connectivity index (χ1v) is 7.69. The van der Waals surface area contributed by atoms with Gasteiger partial charge < -0.3 is 9.47 Å². The first kappa shape index (κ1) is 15.8. The number of aromatic nitrogens is 1. The van der Waals surface area contributed by atoms with Crippen molar-refractivity contribution >= 4 is 23.0 Å². The Morgan fingerprint density at radius 1 is 0.958 bits per heavy atom. The first-order valence-electron chi connectivity index (χ1n) is 7.69. The molecule has 0 spiro atoms. The second kappa shape index (κ2) is 7.00. The molecule has 0 radical (unpaired) electrons. The molecule has 0 amide bonds. The van der Waals surface area contributed by atoms with Gasteiger partial charge in [-0.15, -0.1) is 0 Å². The standard InChI is InChI=1S/C19H17NO4/c1-2-23-19(22)20-12-11-15-9-6-10-16(17(15)20)18(21)24-13-14-7-4-3-5-8-14/h3-12H,2,13H2,1H3. The Kier molecular flexibility index (Phi) is 4.61. The third-order valence-electron chi connectivity index (χ3n) is 3.61. The maximum Gasteiger partial charge on any atom is 0.418 e. The van der Waals surface area contributed by atoms with Gasteiger partial charge >= 0.3 is 12.1 Å². The van der Waals surface area contributed by atoms with E-state index in [4.69, 9.17) is 9.47 Å². The van der Waals surface area contributed by atoms with E-state index in [-0.39, 0.29) is 13.2 Å². The molecule has 0 atom stereocenters. The Labute approximate surface area is 139 Å². The van der Waals surface area contributed by atoms with Crippen molar-refractivity contribution in [3.63, 3.8) is 0 Å². The van der Waals surface area contributed by atoms with Crippen LogP contribution in [0.5, 0.6) is 0 Å². The van der Waals surface area contributed by atoms with E-state index in [1.54, 1.807) is 31.3 Å². The number of nitrogens with zero attached hydrogens (tertiary/aromatic N) is 1. The van der Waals surface area contributed by atoms with Gasteiger partial charge in [-0.25, -0.2) is 9.59 Å². The van der Waals surface area contributed by atoms with Crippen molar-refractivity contribution in [2.75, 3.05) is 6.61 Å². The van der Waals surface area contributed by atoms with E-state index in [2.05, 4.69) is 0 Å². The molecule has 24 heavy (non-hydrogen) atoms. The Morgan fingerprint density at radius 2 is 1.75 bits per heavy atom. The van der Waals surface area contributed by atoms with Crippen LogP contribution in [-0.4, -0.2) is 23.2 Å². The van der Waals surface area contributed by atoms with Gasteiger partial charge in [-0.05, 0) is 24.6 Å². The number of hydrogen-bond donors (Lipinski definition) is 0. The molecule has 2 aromatic carbocycles. The van der Waals surface area contributed by atoms with Gasteiger partial charge in [0.1, 0.15) is 6.61 Å². The third-order valence-corrected chi connectivity index (χ3v) is 3.61. The van der Waals surface area contributed by atoms with E-state index in [1.807, 2.05) is 36.4 Å². The number of ether oxygens (including phenoxy) is 2. The highest BCUT2D eigenvalue weighted by molar-refractivity contribution is 6.05. The van der Waals surface area contributed by atoms with Crippen LogP contribution >= 0.6 is 0 Å². The number of rotatable bonds is 4. The predicted octanol–water partition coefficient (Wildman–Crippen LogP) is 4.00. The van der Waals surface area contributed by atoms with Crippen molar-refractivity contribution < 1.29 is 19.1 Å². The molecule has 0 unspecified atom stereocenters. The van der Waals surface area contributed by atoms with Gasteiger partial charge in [0.25, 0.3) is 0 Å². The SMILES string of the molecule is CCOC(=O)n1ccc2cccc(C(=O)OCc3ccccc3)c21. The van der Waals surface area contributed by atoms with E-state index in [1.165, 1.54) is 4.57 Å². The molecule has 3 aromatic rings. The lowest BCUT2D eigenvalue weighted by atomic mass is 10.1. The fourth-order valence-corrected chi connectivity index (χ4v) is 2.50. The van der Waals surface area contributed by atoms with Crippen LogP contribution in [0.1, 0.15) is 22.8 Å². The van der Waals surface area contributed by atoms with Gasteiger partial charge in [-0.2, -0.15) is 0 Å². The van der Waals surface area contributed by atoms with Gasteiger partial charge in [-0.3, -0.25) is 4.57 Å². The summed E-state index contributed by atoms with van der Waals surface area (Å²) in [4.78, 5) is 24.5. The minimum Gasteiger partial charge on any atom is -0.457 e. The second-order valence-corrected chi connectivity index (χ2v) is 5.19. The number of benzene rings is 2. The summed E-state index contributed by atoms with van der Waals surface area (Å²) in [6.07, 6.45) is 1.08. The molecule has 0 N–H and O–H groups in total. The molecule has 3 rings (SSSR count).